The van der Waals surface area contributed by atoms with Crippen LogP contribution in [0.2, 0.25) is 5.02 Å². The summed E-state index contributed by atoms with van der Waals surface area (Å²) in [4.78, 5) is 13.2. The van der Waals surface area contributed by atoms with Crippen molar-refractivity contribution in [2.75, 3.05) is 23.8 Å². The smallest absolute Gasteiger partial charge is 0.166 e. The first kappa shape index (κ1) is 18.4. The molecule has 0 saturated heterocycles. The number of hydrogen-bond donors (Lipinski definition) is 4. The summed E-state index contributed by atoms with van der Waals surface area (Å²) in [7, 11) is 0. The van der Waals surface area contributed by atoms with Crippen molar-refractivity contribution in [1.82, 2.24) is 19.4 Å². The molecule has 4 aromatic rings. The lowest BCUT2D eigenvalue weighted by atomic mass is 10.3. The van der Waals surface area contributed by atoms with Crippen LogP contribution in [0.3, 0.4) is 0 Å². The normalized spacial score (nSPS) is 11.5. The molecule has 0 aliphatic carbocycles. The summed E-state index contributed by atoms with van der Waals surface area (Å²) in [5.74, 6) is 0.349. The fourth-order valence-corrected chi connectivity index (χ4v) is 3.00. The number of halogens is 2. The van der Waals surface area contributed by atoms with Crippen molar-refractivity contribution in [1.29, 1.82) is 0 Å². The number of nitrogens with one attached hydrogen (secondary N) is 2. The zero-order chi connectivity index (χ0) is 19.7. The summed E-state index contributed by atoms with van der Waals surface area (Å²) in [6, 6.07) is 7.29. The van der Waals surface area contributed by atoms with Crippen molar-refractivity contribution in [2.24, 2.45) is 0 Å². The Morgan fingerprint density at radius 1 is 1.14 bits per heavy atom. The van der Waals surface area contributed by atoms with E-state index < -0.39 is 11.9 Å². The molecule has 3 heterocycles. The van der Waals surface area contributed by atoms with E-state index >= 15 is 0 Å². The second kappa shape index (κ2) is 7.55. The summed E-state index contributed by atoms with van der Waals surface area (Å²) in [5, 5.41) is 24.6. The number of nitrogens with zero attached hydrogens (tertiary/aromatic N) is 4. The van der Waals surface area contributed by atoms with Gasteiger partial charge in [-0.05, 0) is 24.3 Å². The van der Waals surface area contributed by atoms with Gasteiger partial charge >= 0.3 is 0 Å². The molecule has 0 aliphatic rings. The van der Waals surface area contributed by atoms with Gasteiger partial charge < -0.3 is 20.8 Å². The van der Waals surface area contributed by atoms with Gasteiger partial charge in [0, 0.05) is 0 Å². The lowest BCUT2D eigenvalue weighted by Gasteiger charge is -2.15. The molecule has 3 aromatic heterocycles. The topological polar surface area (TPSA) is 108 Å². The van der Waals surface area contributed by atoms with Crippen molar-refractivity contribution >= 4 is 45.6 Å². The third kappa shape index (κ3) is 3.31. The molecule has 0 bridgehead atoms. The molecule has 0 radical (unpaired) electrons. The van der Waals surface area contributed by atoms with Crippen LogP contribution in [0.1, 0.15) is 0 Å². The van der Waals surface area contributed by atoms with E-state index in [2.05, 4.69) is 25.6 Å². The molecule has 4 rings (SSSR count). The van der Waals surface area contributed by atoms with Gasteiger partial charge in [0.25, 0.3) is 0 Å². The van der Waals surface area contributed by atoms with Crippen molar-refractivity contribution < 1.29 is 14.6 Å². The number of benzene rings is 1. The Morgan fingerprint density at radius 2 is 1.96 bits per heavy atom. The van der Waals surface area contributed by atoms with Crippen LogP contribution in [0.4, 0.5) is 21.7 Å². The zero-order valence-electron chi connectivity index (χ0n) is 14.5. The number of fused-ring (bicyclic) bond motifs is 3. The molecule has 0 amide bonds. The van der Waals surface area contributed by atoms with Gasteiger partial charge in [-0.2, -0.15) is 0 Å². The van der Waals surface area contributed by atoms with E-state index in [9.17, 15) is 14.6 Å². The summed E-state index contributed by atoms with van der Waals surface area (Å²) in [6.45, 7) is -0.470. The fraction of sp³-hybridized carbons (Fsp3) is 0.167. The SMILES string of the molecule is OCC(CO)Nc1ccc2nc(Nc3c(F)cccc3Cl)c3cncn3c2n1. The van der Waals surface area contributed by atoms with E-state index in [0.29, 0.717) is 28.3 Å². The molecule has 0 saturated carbocycles. The van der Waals surface area contributed by atoms with Gasteiger partial charge in [-0.15, -0.1) is 0 Å². The van der Waals surface area contributed by atoms with Crippen molar-refractivity contribution in [3.05, 3.63) is 53.7 Å². The second-order valence-corrected chi connectivity index (χ2v) is 6.48. The molecule has 0 spiro atoms. The van der Waals surface area contributed by atoms with Crippen molar-refractivity contribution in [2.45, 2.75) is 6.04 Å². The molecule has 0 unspecified atom stereocenters. The van der Waals surface area contributed by atoms with Gasteiger partial charge in [-0.25, -0.2) is 19.3 Å². The summed E-state index contributed by atoms with van der Waals surface area (Å²) in [5.41, 5.74) is 1.75. The number of para-hydroxylation sites is 1. The molecular weight excluding hydrogens is 387 g/mol. The molecule has 0 fully saturated rings. The van der Waals surface area contributed by atoms with Gasteiger partial charge in [0.05, 0.1) is 36.2 Å². The molecule has 144 valence electrons. The second-order valence-electron chi connectivity index (χ2n) is 6.08. The average molecular weight is 403 g/mol. The molecular formula is C18H16ClFN6O2. The Kier molecular flexibility index (Phi) is 4.95. The summed E-state index contributed by atoms with van der Waals surface area (Å²) >= 11 is 6.11. The standard InChI is InChI=1S/C18H16ClFN6O2/c19-11-2-1-3-12(20)16(11)25-17-14-6-21-9-26(14)18-13(23-17)4-5-15(24-18)22-10(7-27)8-28/h1-6,9-10,27-28H,7-8H2,(H,22,24)(H,23,25). The summed E-state index contributed by atoms with van der Waals surface area (Å²) in [6.07, 6.45) is 3.15. The van der Waals surface area contributed by atoms with Gasteiger partial charge in [0.2, 0.25) is 0 Å². The number of aliphatic hydroxyl groups excluding tert-OH is 2. The number of rotatable bonds is 6. The number of pyridine rings is 1. The van der Waals surface area contributed by atoms with E-state index in [1.54, 1.807) is 35.1 Å². The van der Waals surface area contributed by atoms with Crippen LogP contribution in [-0.2, 0) is 0 Å². The largest absolute Gasteiger partial charge is 0.394 e. The number of anilines is 3. The van der Waals surface area contributed by atoms with Crippen LogP contribution in [-0.4, -0.2) is 48.8 Å². The minimum absolute atomic E-state index is 0.124. The Balaban J connectivity index is 1.80. The van der Waals surface area contributed by atoms with Crippen LogP contribution in [0.25, 0.3) is 16.7 Å². The third-order valence-electron chi connectivity index (χ3n) is 4.20. The van der Waals surface area contributed by atoms with Gasteiger partial charge in [0.1, 0.15) is 29.0 Å². The first-order valence-corrected chi connectivity index (χ1v) is 8.80. The summed E-state index contributed by atoms with van der Waals surface area (Å²) < 4.78 is 15.9. The van der Waals surface area contributed by atoms with E-state index in [1.807, 2.05) is 0 Å². The highest BCUT2D eigenvalue weighted by molar-refractivity contribution is 6.33. The zero-order valence-corrected chi connectivity index (χ0v) is 15.2. The minimum Gasteiger partial charge on any atom is -0.394 e. The highest BCUT2D eigenvalue weighted by Gasteiger charge is 2.15. The highest BCUT2D eigenvalue weighted by Crippen LogP contribution is 2.30. The lowest BCUT2D eigenvalue weighted by Crippen LogP contribution is -2.28. The van der Waals surface area contributed by atoms with E-state index in [4.69, 9.17) is 11.6 Å². The molecule has 8 nitrogen and oxygen atoms in total. The average Bonchev–Trinajstić information content (AvgIpc) is 3.19. The maximum atomic E-state index is 14.2. The highest BCUT2D eigenvalue weighted by atomic mass is 35.5. The predicted octanol–water partition coefficient (Wildman–Crippen LogP) is 2.58. The van der Waals surface area contributed by atoms with E-state index in [-0.39, 0.29) is 23.9 Å². The quantitative estimate of drug-likeness (QED) is 0.392. The minimum atomic E-state index is -0.527. The fourth-order valence-electron chi connectivity index (χ4n) is 2.79. The number of aromatic nitrogens is 4. The lowest BCUT2D eigenvalue weighted by molar-refractivity contribution is 0.203. The van der Waals surface area contributed by atoms with Crippen molar-refractivity contribution in [3.8, 4) is 0 Å². The Labute approximate surface area is 163 Å². The Morgan fingerprint density at radius 3 is 2.71 bits per heavy atom. The Hall–Kier alpha value is -3.01. The van der Waals surface area contributed by atoms with Crippen LogP contribution < -0.4 is 10.6 Å². The first-order valence-electron chi connectivity index (χ1n) is 8.43. The Bertz CT molecular complexity index is 1130. The number of imidazole rings is 1. The van der Waals surface area contributed by atoms with Crippen LogP contribution >= 0.6 is 11.6 Å². The molecule has 28 heavy (non-hydrogen) atoms. The van der Waals surface area contributed by atoms with Gasteiger partial charge in [0.15, 0.2) is 11.5 Å². The maximum Gasteiger partial charge on any atom is 0.166 e. The monoisotopic (exact) mass is 402 g/mol. The van der Waals surface area contributed by atoms with Crippen LogP contribution in [0, 0.1) is 5.82 Å². The number of aliphatic hydroxyl groups is 2. The molecule has 4 N–H and O–H groups in total. The van der Waals surface area contributed by atoms with Crippen molar-refractivity contribution in [3.63, 3.8) is 0 Å². The first-order chi connectivity index (χ1) is 13.6. The molecule has 0 atom stereocenters. The third-order valence-corrected chi connectivity index (χ3v) is 4.51. The van der Waals surface area contributed by atoms with Gasteiger partial charge in [-0.1, -0.05) is 17.7 Å². The van der Waals surface area contributed by atoms with E-state index in [1.165, 1.54) is 12.1 Å². The van der Waals surface area contributed by atoms with Gasteiger partial charge in [-0.3, -0.25) is 4.40 Å². The maximum absolute atomic E-state index is 14.2. The van der Waals surface area contributed by atoms with E-state index in [0.717, 1.165) is 0 Å². The molecule has 1 aromatic carbocycles. The van der Waals surface area contributed by atoms with Crippen LogP contribution in [0.5, 0.6) is 0 Å². The predicted molar refractivity (Wildman–Crippen MR) is 105 cm³/mol. The molecule has 10 heteroatoms. The number of hydrogen-bond acceptors (Lipinski definition) is 7. The molecule has 0 aliphatic heterocycles. The van der Waals surface area contributed by atoms with Crippen LogP contribution in [0.15, 0.2) is 42.9 Å².